The third-order valence-electron chi connectivity index (χ3n) is 5.22. The molecule has 0 aromatic carbocycles. The van der Waals surface area contributed by atoms with E-state index in [1.165, 1.54) is 14.0 Å². The van der Waals surface area contributed by atoms with Crippen molar-refractivity contribution in [1.82, 2.24) is 0 Å². The van der Waals surface area contributed by atoms with Crippen molar-refractivity contribution in [2.45, 2.75) is 59.5 Å². The van der Waals surface area contributed by atoms with Gasteiger partial charge in [-0.05, 0) is 43.2 Å². The minimum Gasteiger partial charge on any atom is -0.495 e. The highest BCUT2D eigenvalue weighted by Gasteiger charge is 2.19. The van der Waals surface area contributed by atoms with Crippen LogP contribution in [-0.2, 0) is 28.5 Å². The van der Waals surface area contributed by atoms with Crippen LogP contribution in [0.15, 0.2) is 97.1 Å². The molecular formula is C32H48O8. The third-order valence-corrected chi connectivity index (χ3v) is 5.22. The third kappa shape index (κ3) is 16.7. The lowest BCUT2D eigenvalue weighted by Gasteiger charge is -2.21. The van der Waals surface area contributed by atoms with Crippen LogP contribution < -0.4 is 0 Å². The van der Waals surface area contributed by atoms with E-state index in [0.29, 0.717) is 23.5 Å². The van der Waals surface area contributed by atoms with Crippen LogP contribution in [0.3, 0.4) is 0 Å². The minimum atomic E-state index is -0.889. The summed E-state index contributed by atoms with van der Waals surface area (Å²) in [5, 5.41) is 20.0. The maximum atomic E-state index is 10.8. The first-order valence-electron chi connectivity index (χ1n) is 13.1. The van der Waals surface area contributed by atoms with E-state index in [1.54, 1.807) is 25.2 Å². The van der Waals surface area contributed by atoms with Crippen LogP contribution in [0.25, 0.3) is 0 Å². The maximum Gasteiger partial charge on any atom is 0.302 e. The number of carbonyl (C=O) groups is 1. The molecule has 0 amide bonds. The molecule has 0 saturated heterocycles. The number of hydrogen-bond donors (Lipinski definition) is 2. The van der Waals surface area contributed by atoms with Gasteiger partial charge in [-0.15, -0.1) is 6.58 Å². The molecule has 0 radical (unpaired) electrons. The molecule has 40 heavy (non-hydrogen) atoms. The van der Waals surface area contributed by atoms with Crippen LogP contribution in [0.1, 0.15) is 41.0 Å². The highest BCUT2D eigenvalue weighted by atomic mass is 16.7. The maximum absolute atomic E-state index is 10.8. The summed E-state index contributed by atoms with van der Waals surface area (Å²) in [6.07, 6.45) is 15.2. The second-order valence-electron chi connectivity index (χ2n) is 9.60. The standard InChI is InChI=1S/C29H42O8.C3H6/c1-8-26(35-18-25(32)20-37-28(33-7)21(2)3)13-10-16-29(5,6)23-11-9-12-27(15-14-23)36-19-24(31)17-34-22(4)30;1-3-2/h8-11,13-16,24-25,28,31-32H,1-2,12,17-20H2,3-7H3;3H,1H2,2H3/b16-10+,26-13+;. The number of allylic oxidation sites excluding steroid dienone is 10. The van der Waals surface area contributed by atoms with Crippen molar-refractivity contribution in [3.05, 3.63) is 97.1 Å². The number of methoxy groups -OCH3 is 1. The Hall–Kier alpha value is -3.17. The summed E-state index contributed by atoms with van der Waals surface area (Å²) in [5.41, 5.74) is 1.48. The lowest BCUT2D eigenvalue weighted by molar-refractivity contribution is -0.144. The van der Waals surface area contributed by atoms with Gasteiger partial charge in [0.25, 0.3) is 0 Å². The van der Waals surface area contributed by atoms with Crippen LogP contribution >= 0.6 is 0 Å². The van der Waals surface area contributed by atoms with Gasteiger partial charge in [0.1, 0.15) is 37.8 Å². The first-order valence-corrected chi connectivity index (χ1v) is 13.1. The van der Waals surface area contributed by atoms with Crippen molar-refractivity contribution < 1.29 is 38.7 Å². The van der Waals surface area contributed by atoms with Crippen LogP contribution in [0.4, 0.5) is 0 Å². The average Bonchev–Trinajstić information content (AvgIpc) is 3.15. The molecule has 8 heteroatoms. The van der Waals surface area contributed by atoms with Gasteiger partial charge in [-0.2, -0.15) is 0 Å². The predicted molar refractivity (Wildman–Crippen MR) is 159 cm³/mol. The molecule has 3 atom stereocenters. The second kappa shape index (κ2) is 20.7. The van der Waals surface area contributed by atoms with Crippen molar-refractivity contribution in [3.63, 3.8) is 0 Å². The largest absolute Gasteiger partial charge is 0.495 e. The molecule has 0 aromatic heterocycles. The normalized spacial score (nSPS) is 15.8. The molecule has 0 spiro atoms. The Morgan fingerprint density at radius 2 is 1.70 bits per heavy atom. The van der Waals surface area contributed by atoms with Crippen molar-refractivity contribution in [2.24, 2.45) is 5.41 Å². The van der Waals surface area contributed by atoms with E-state index in [2.05, 4.69) is 33.6 Å². The molecule has 1 aliphatic carbocycles. The van der Waals surface area contributed by atoms with Crippen molar-refractivity contribution >= 4 is 5.97 Å². The zero-order valence-corrected chi connectivity index (χ0v) is 24.9. The molecule has 2 N–H and O–H groups in total. The van der Waals surface area contributed by atoms with Gasteiger partial charge in [0.05, 0.1) is 12.4 Å². The Morgan fingerprint density at radius 1 is 1.07 bits per heavy atom. The van der Waals surface area contributed by atoms with E-state index in [9.17, 15) is 15.0 Å². The van der Waals surface area contributed by atoms with Gasteiger partial charge >= 0.3 is 5.97 Å². The molecule has 0 heterocycles. The second-order valence-corrected chi connectivity index (χ2v) is 9.60. The van der Waals surface area contributed by atoms with E-state index >= 15 is 0 Å². The molecule has 0 bridgehead atoms. The Kier molecular flexibility index (Phi) is 19.1. The topological polar surface area (TPSA) is 104 Å². The van der Waals surface area contributed by atoms with Crippen LogP contribution in [0, 0.1) is 5.41 Å². The average molecular weight is 561 g/mol. The lowest BCUT2D eigenvalue weighted by Crippen LogP contribution is -2.26. The summed E-state index contributed by atoms with van der Waals surface area (Å²) in [4.78, 5) is 10.8. The van der Waals surface area contributed by atoms with Gasteiger partial charge in [-0.25, -0.2) is 0 Å². The number of aliphatic hydroxyl groups is 2. The monoisotopic (exact) mass is 560 g/mol. The number of hydrogen-bond acceptors (Lipinski definition) is 8. The van der Waals surface area contributed by atoms with E-state index in [1.807, 2.05) is 43.4 Å². The Labute approximate surface area is 240 Å². The van der Waals surface area contributed by atoms with Crippen molar-refractivity contribution in [3.8, 4) is 0 Å². The molecule has 1 aliphatic rings. The molecule has 3 unspecified atom stereocenters. The molecule has 0 aliphatic heterocycles. The highest BCUT2D eigenvalue weighted by Crippen LogP contribution is 2.31. The number of rotatable bonds is 17. The lowest BCUT2D eigenvalue weighted by atomic mass is 9.83. The molecule has 224 valence electrons. The number of aliphatic hydroxyl groups excluding tert-OH is 2. The fraction of sp³-hybridized carbons (Fsp3) is 0.469. The fourth-order valence-electron chi connectivity index (χ4n) is 3.12. The van der Waals surface area contributed by atoms with Gasteiger partial charge < -0.3 is 33.9 Å². The SMILES string of the molecule is C=C/C(=C\C=C\C(C)(C)C1=CC=C(OCC(O)COC(C)=O)CC=C1)OCC(O)COC(OC)C(=C)C.C=CC. The van der Waals surface area contributed by atoms with Crippen LogP contribution in [0.2, 0.25) is 0 Å². The zero-order valence-electron chi connectivity index (χ0n) is 24.9. The summed E-state index contributed by atoms with van der Waals surface area (Å²) < 4.78 is 26.7. The molecular weight excluding hydrogens is 512 g/mol. The van der Waals surface area contributed by atoms with E-state index < -0.39 is 24.5 Å². The van der Waals surface area contributed by atoms with Crippen LogP contribution in [-0.4, -0.2) is 68.2 Å². The van der Waals surface area contributed by atoms with Gasteiger partial charge in [0, 0.05) is 25.9 Å². The first-order chi connectivity index (χ1) is 18.9. The summed E-state index contributed by atoms with van der Waals surface area (Å²) >= 11 is 0. The smallest absolute Gasteiger partial charge is 0.302 e. The molecule has 0 saturated carbocycles. The summed E-state index contributed by atoms with van der Waals surface area (Å²) in [6, 6.07) is 0. The van der Waals surface area contributed by atoms with Gasteiger partial charge in [0.15, 0.2) is 6.29 Å². The summed E-state index contributed by atoms with van der Waals surface area (Å²) in [6.45, 7) is 20.1. The first kappa shape index (κ1) is 36.8. The van der Waals surface area contributed by atoms with Gasteiger partial charge in [0.2, 0.25) is 0 Å². The Balaban J connectivity index is 0.00000483. The number of esters is 1. The van der Waals surface area contributed by atoms with Gasteiger partial charge in [-0.1, -0.05) is 63.5 Å². The Bertz CT molecular complexity index is 952. The van der Waals surface area contributed by atoms with Gasteiger partial charge in [-0.3, -0.25) is 4.79 Å². The van der Waals surface area contributed by atoms with E-state index in [0.717, 1.165) is 5.57 Å². The van der Waals surface area contributed by atoms with E-state index in [-0.39, 0.29) is 31.8 Å². The van der Waals surface area contributed by atoms with Crippen molar-refractivity contribution in [1.29, 1.82) is 0 Å². The molecule has 1 rings (SSSR count). The van der Waals surface area contributed by atoms with Crippen molar-refractivity contribution in [2.75, 3.05) is 33.5 Å². The summed E-state index contributed by atoms with van der Waals surface area (Å²) in [7, 11) is 1.51. The molecule has 0 fully saturated rings. The molecule has 8 nitrogen and oxygen atoms in total. The predicted octanol–water partition coefficient (Wildman–Crippen LogP) is 5.48. The number of carbonyl (C=O) groups excluding carboxylic acids is 1. The Morgan fingerprint density at radius 3 is 2.27 bits per heavy atom. The minimum absolute atomic E-state index is 0.0379. The summed E-state index contributed by atoms with van der Waals surface area (Å²) in [5.74, 6) is 0.780. The molecule has 0 aromatic rings. The fourth-order valence-corrected chi connectivity index (χ4v) is 3.12. The van der Waals surface area contributed by atoms with Crippen LogP contribution in [0.5, 0.6) is 0 Å². The van der Waals surface area contributed by atoms with E-state index in [4.69, 9.17) is 23.7 Å². The quantitative estimate of drug-likeness (QED) is 0.0792. The number of ether oxygens (including phenoxy) is 5. The zero-order chi connectivity index (χ0) is 30.6. The highest BCUT2D eigenvalue weighted by molar-refractivity contribution is 5.65.